The first-order chi connectivity index (χ1) is 21.8. The van der Waals surface area contributed by atoms with E-state index in [-0.39, 0.29) is 17.0 Å². The van der Waals surface area contributed by atoms with Crippen LogP contribution in [0.15, 0.2) is 104 Å². The first kappa shape index (κ1) is 36.9. The number of nitrogens with zero attached hydrogens (tertiary/aromatic N) is 1. The molecular formula is C32H31Br2ClF2N2O6S2. The summed E-state index contributed by atoms with van der Waals surface area (Å²) in [5.41, 5.74) is 0.585. The third-order valence-electron chi connectivity index (χ3n) is 6.67. The van der Waals surface area contributed by atoms with Crippen LogP contribution in [0.1, 0.15) is 27.7 Å². The van der Waals surface area contributed by atoms with E-state index in [4.69, 9.17) is 20.2 Å². The van der Waals surface area contributed by atoms with Gasteiger partial charge in [-0.05, 0) is 108 Å². The number of hydrogen-bond acceptors (Lipinski definition) is 7. The van der Waals surface area contributed by atoms with Gasteiger partial charge in [-0.25, -0.2) is 25.6 Å². The molecule has 0 radical (unpaired) electrons. The highest BCUT2D eigenvalue weighted by atomic mass is 79.9. The van der Waals surface area contributed by atoms with Crippen LogP contribution in [0, 0.1) is 11.6 Å². The number of rotatable bonds is 3. The van der Waals surface area contributed by atoms with Gasteiger partial charge in [0.15, 0.2) is 11.5 Å². The van der Waals surface area contributed by atoms with Crippen molar-refractivity contribution in [2.45, 2.75) is 48.7 Å². The predicted molar refractivity (Wildman–Crippen MR) is 187 cm³/mol. The average Bonchev–Trinajstić information content (AvgIpc) is 2.98. The number of hydrogen-bond donors (Lipinski definition) is 1. The minimum atomic E-state index is -4.04. The van der Waals surface area contributed by atoms with E-state index in [0.29, 0.717) is 15.9 Å². The zero-order valence-corrected chi connectivity index (χ0v) is 31.2. The van der Waals surface area contributed by atoms with Crippen LogP contribution in [-0.2, 0) is 19.1 Å². The number of fused-ring (bicyclic) bond motifs is 2. The molecule has 0 spiro atoms. The minimum absolute atomic E-state index is 0.0904. The molecule has 0 atom stereocenters. The lowest BCUT2D eigenvalue weighted by Crippen LogP contribution is -2.49. The molecule has 4 aromatic carbocycles. The fourth-order valence-electron chi connectivity index (χ4n) is 4.54. The summed E-state index contributed by atoms with van der Waals surface area (Å²) in [5, 5.41) is 3.34. The molecule has 0 aliphatic carbocycles. The van der Waals surface area contributed by atoms with Crippen molar-refractivity contribution in [3.8, 4) is 11.5 Å². The van der Waals surface area contributed by atoms with Crippen LogP contribution < -0.4 is 19.1 Å². The van der Waals surface area contributed by atoms with Crippen LogP contribution in [0.2, 0.25) is 0 Å². The van der Waals surface area contributed by atoms with Crippen molar-refractivity contribution >= 4 is 73.0 Å². The minimum Gasteiger partial charge on any atom is -0.483 e. The number of para-hydroxylation sites is 2. The number of nitrogens with one attached hydrogen (secondary N) is 1. The van der Waals surface area contributed by atoms with Gasteiger partial charge in [0.25, 0.3) is 19.1 Å². The van der Waals surface area contributed by atoms with Crippen LogP contribution in [0.5, 0.6) is 11.5 Å². The highest BCUT2D eigenvalue weighted by Crippen LogP contribution is 2.44. The highest BCUT2D eigenvalue weighted by molar-refractivity contribution is 9.11. The Labute approximate surface area is 294 Å². The van der Waals surface area contributed by atoms with Gasteiger partial charge < -0.3 is 14.8 Å². The summed E-state index contributed by atoms with van der Waals surface area (Å²) >= 11 is 6.85. The fraction of sp³-hybridized carbons (Fsp3) is 0.250. The highest BCUT2D eigenvalue weighted by Gasteiger charge is 2.40. The third kappa shape index (κ3) is 8.96. The summed E-state index contributed by atoms with van der Waals surface area (Å²) in [6.45, 7) is 8.66. The quantitative estimate of drug-likeness (QED) is 0.206. The fourth-order valence-corrected chi connectivity index (χ4v) is 8.02. The van der Waals surface area contributed by atoms with Crippen molar-refractivity contribution in [2.24, 2.45) is 0 Å². The zero-order valence-electron chi connectivity index (χ0n) is 25.6. The van der Waals surface area contributed by atoms with Gasteiger partial charge in [-0.1, -0.05) is 36.4 Å². The van der Waals surface area contributed by atoms with Crippen LogP contribution in [0.3, 0.4) is 0 Å². The summed E-state index contributed by atoms with van der Waals surface area (Å²) in [7, 11) is -3.08. The van der Waals surface area contributed by atoms with Crippen molar-refractivity contribution in [3.05, 3.63) is 106 Å². The van der Waals surface area contributed by atoms with E-state index in [1.807, 2.05) is 18.2 Å². The molecule has 8 nitrogen and oxygen atoms in total. The Bertz CT molecular complexity index is 2000. The Morgan fingerprint density at radius 2 is 1.23 bits per heavy atom. The van der Waals surface area contributed by atoms with Gasteiger partial charge in [0.05, 0.1) is 33.4 Å². The SMILES string of the molecule is CC1(C)CN(S(=O)(=O)c2ccccc2F)c2cccc(Br)c2O1.CC1(C)CNc2cccc(Br)c2O1.O=S(=O)(Cl)c1ccccc1F. The summed E-state index contributed by atoms with van der Waals surface area (Å²) in [5.74, 6) is -0.252. The van der Waals surface area contributed by atoms with Crippen LogP contribution in [-0.4, -0.2) is 41.1 Å². The molecule has 6 rings (SSSR count). The molecule has 0 bridgehead atoms. The number of ether oxygens (including phenoxy) is 2. The maximum atomic E-state index is 14.0. The summed E-state index contributed by atoms with van der Waals surface area (Å²) in [6.07, 6.45) is 0. The lowest BCUT2D eigenvalue weighted by atomic mass is 10.1. The molecule has 15 heteroatoms. The second-order valence-electron chi connectivity index (χ2n) is 11.6. The van der Waals surface area contributed by atoms with E-state index in [1.165, 1.54) is 34.6 Å². The molecule has 252 valence electrons. The molecule has 4 aromatic rings. The van der Waals surface area contributed by atoms with E-state index in [2.05, 4.69) is 51.0 Å². The average molecular weight is 837 g/mol. The Hall–Kier alpha value is -2.91. The topological polar surface area (TPSA) is 102 Å². The maximum Gasteiger partial charge on any atom is 0.267 e. The molecule has 0 fully saturated rings. The van der Waals surface area contributed by atoms with Crippen molar-refractivity contribution in [3.63, 3.8) is 0 Å². The van der Waals surface area contributed by atoms with Crippen LogP contribution in [0.25, 0.3) is 0 Å². The molecule has 47 heavy (non-hydrogen) atoms. The Morgan fingerprint density at radius 1 is 0.723 bits per heavy atom. The molecule has 2 aliphatic heterocycles. The molecule has 0 amide bonds. The van der Waals surface area contributed by atoms with E-state index in [0.717, 1.165) is 40.7 Å². The van der Waals surface area contributed by atoms with Crippen molar-refractivity contribution < 1.29 is 35.1 Å². The monoisotopic (exact) mass is 834 g/mol. The van der Waals surface area contributed by atoms with Crippen LogP contribution in [0.4, 0.5) is 20.2 Å². The molecule has 0 unspecified atom stereocenters. The smallest absolute Gasteiger partial charge is 0.267 e. The normalized spacial score (nSPS) is 15.9. The number of halogens is 5. The van der Waals surface area contributed by atoms with E-state index < -0.39 is 41.2 Å². The molecule has 0 saturated carbocycles. The number of sulfonamides is 1. The lowest BCUT2D eigenvalue weighted by molar-refractivity contribution is 0.109. The van der Waals surface area contributed by atoms with Gasteiger partial charge in [-0.15, -0.1) is 0 Å². The second kappa shape index (κ2) is 14.3. The zero-order chi connectivity index (χ0) is 34.8. The maximum absolute atomic E-state index is 14.0. The number of benzene rings is 4. The van der Waals surface area contributed by atoms with Gasteiger partial charge in [-0.2, -0.15) is 0 Å². The van der Waals surface area contributed by atoms with Crippen molar-refractivity contribution in [1.29, 1.82) is 0 Å². The number of anilines is 2. The summed E-state index contributed by atoms with van der Waals surface area (Å²) < 4.78 is 88.4. The molecule has 0 saturated heterocycles. The molecule has 2 heterocycles. The Morgan fingerprint density at radius 3 is 1.79 bits per heavy atom. The first-order valence-corrected chi connectivity index (χ1v) is 19.3. The lowest BCUT2D eigenvalue weighted by Gasteiger charge is -2.40. The Kier molecular flexibility index (Phi) is 11.2. The second-order valence-corrected chi connectivity index (χ2v) is 17.7. The van der Waals surface area contributed by atoms with E-state index in [1.54, 1.807) is 32.0 Å². The van der Waals surface area contributed by atoms with E-state index in [9.17, 15) is 25.6 Å². The van der Waals surface area contributed by atoms with Gasteiger partial charge in [0.1, 0.15) is 32.6 Å². The summed E-state index contributed by atoms with van der Waals surface area (Å²) in [6, 6.07) is 21.5. The van der Waals surface area contributed by atoms with Crippen LogP contribution >= 0.6 is 42.5 Å². The third-order valence-corrected chi connectivity index (χ3v) is 11.1. The summed E-state index contributed by atoms with van der Waals surface area (Å²) in [4.78, 5) is -0.828. The molecule has 1 N–H and O–H groups in total. The van der Waals surface area contributed by atoms with E-state index >= 15 is 0 Å². The first-order valence-electron chi connectivity index (χ1n) is 14.0. The molecular weight excluding hydrogens is 806 g/mol. The molecule has 2 aliphatic rings. The standard InChI is InChI=1S/C16H15BrFNO3S.C10H12BrNO.C6H4ClFO2S/c1-16(2)10-19(13-8-5-6-11(17)15(13)22-16)23(20,21)14-9-4-3-7-12(14)18;1-10(2)6-12-8-5-3-4-7(11)9(8)13-10;7-11(9,10)6-4-2-1-3-5(6)8/h3-9H,10H2,1-2H3;3-5,12H,6H2,1-2H3;1-4H. The van der Waals surface area contributed by atoms with Gasteiger partial charge in [0, 0.05) is 10.7 Å². The Balaban J connectivity index is 0.000000176. The molecule has 0 aromatic heterocycles. The largest absolute Gasteiger partial charge is 0.483 e. The predicted octanol–water partition coefficient (Wildman–Crippen LogP) is 8.74. The van der Waals surface area contributed by atoms with Gasteiger partial charge in [-0.3, -0.25) is 4.31 Å². The van der Waals surface area contributed by atoms with Gasteiger partial charge in [0.2, 0.25) is 0 Å². The van der Waals surface area contributed by atoms with Crippen molar-refractivity contribution in [2.75, 3.05) is 22.7 Å². The van der Waals surface area contributed by atoms with Crippen molar-refractivity contribution in [1.82, 2.24) is 0 Å². The van der Waals surface area contributed by atoms with Gasteiger partial charge >= 0.3 is 0 Å².